The van der Waals surface area contributed by atoms with Crippen LogP contribution in [0.3, 0.4) is 0 Å². The van der Waals surface area contributed by atoms with Crippen LogP contribution in [0.1, 0.15) is 0 Å². The fraction of sp³-hybridized carbons (Fsp3) is 0.333. The molecule has 0 spiro atoms. The number of para-hydroxylation sites is 2. The SMILES string of the molecule is COc1ccccc1N1CCN(CCNC(=O)Oc2cc(-c3ccco3)on2)CC1. The maximum atomic E-state index is 12.0. The van der Waals surface area contributed by atoms with Crippen molar-refractivity contribution in [1.29, 1.82) is 0 Å². The van der Waals surface area contributed by atoms with Crippen molar-refractivity contribution in [3.8, 4) is 23.1 Å². The molecule has 1 aliphatic heterocycles. The molecule has 4 rings (SSSR count). The number of hydrogen-bond acceptors (Lipinski definition) is 8. The molecule has 1 saturated heterocycles. The summed E-state index contributed by atoms with van der Waals surface area (Å²) >= 11 is 0. The highest BCUT2D eigenvalue weighted by molar-refractivity contribution is 5.70. The van der Waals surface area contributed by atoms with Crippen LogP contribution in [0.2, 0.25) is 0 Å². The maximum Gasteiger partial charge on any atom is 0.414 e. The summed E-state index contributed by atoms with van der Waals surface area (Å²) in [6.07, 6.45) is 0.961. The third kappa shape index (κ3) is 4.74. The van der Waals surface area contributed by atoms with Gasteiger partial charge < -0.3 is 28.6 Å². The fourth-order valence-electron chi connectivity index (χ4n) is 3.39. The predicted molar refractivity (Wildman–Crippen MR) is 110 cm³/mol. The van der Waals surface area contributed by atoms with Crippen molar-refractivity contribution in [2.24, 2.45) is 0 Å². The Morgan fingerprint density at radius 2 is 1.97 bits per heavy atom. The van der Waals surface area contributed by atoms with E-state index < -0.39 is 6.09 Å². The van der Waals surface area contributed by atoms with Crippen molar-refractivity contribution in [3.63, 3.8) is 0 Å². The number of nitrogens with zero attached hydrogens (tertiary/aromatic N) is 3. The Kier molecular flexibility index (Phi) is 6.19. The first-order valence-electron chi connectivity index (χ1n) is 9.79. The highest BCUT2D eigenvalue weighted by Crippen LogP contribution is 2.28. The molecule has 1 N–H and O–H groups in total. The first-order chi connectivity index (χ1) is 14.7. The fourth-order valence-corrected chi connectivity index (χ4v) is 3.39. The molecule has 2 aromatic heterocycles. The molecule has 158 valence electrons. The minimum atomic E-state index is -0.568. The van der Waals surface area contributed by atoms with Crippen molar-refractivity contribution in [2.75, 3.05) is 51.3 Å². The third-order valence-corrected chi connectivity index (χ3v) is 4.95. The van der Waals surface area contributed by atoms with Gasteiger partial charge in [0.25, 0.3) is 5.88 Å². The summed E-state index contributed by atoms with van der Waals surface area (Å²) in [4.78, 5) is 16.6. The van der Waals surface area contributed by atoms with Crippen LogP contribution in [0.4, 0.5) is 10.5 Å². The highest BCUT2D eigenvalue weighted by Gasteiger charge is 2.19. The summed E-state index contributed by atoms with van der Waals surface area (Å²) in [7, 11) is 1.69. The smallest absolute Gasteiger partial charge is 0.414 e. The second kappa shape index (κ2) is 9.36. The van der Waals surface area contributed by atoms with Crippen molar-refractivity contribution < 1.29 is 23.2 Å². The number of nitrogens with one attached hydrogen (secondary N) is 1. The zero-order valence-corrected chi connectivity index (χ0v) is 16.7. The van der Waals surface area contributed by atoms with Crippen LogP contribution in [0.25, 0.3) is 11.5 Å². The van der Waals surface area contributed by atoms with Crippen molar-refractivity contribution in [2.45, 2.75) is 0 Å². The van der Waals surface area contributed by atoms with Gasteiger partial charge in [0.2, 0.25) is 5.76 Å². The van der Waals surface area contributed by atoms with Gasteiger partial charge >= 0.3 is 6.09 Å². The summed E-state index contributed by atoms with van der Waals surface area (Å²) < 4.78 is 20.9. The zero-order chi connectivity index (χ0) is 20.8. The Bertz CT molecular complexity index is 948. The number of carbonyl (C=O) groups is 1. The number of rotatable bonds is 7. The van der Waals surface area contributed by atoms with Crippen molar-refractivity contribution >= 4 is 11.8 Å². The number of hydrogen-bond donors (Lipinski definition) is 1. The van der Waals surface area contributed by atoms with Gasteiger partial charge in [-0.1, -0.05) is 12.1 Å². The van der Waals surface area contributed by atoms with Gasteiger partial charge in [0, 0.05) is 39.3 Å². The summed E-state index contributed by atoms with van der Waals surface area (Å²) in [6.45, 7) is 4.84. The second-order valence-electron chi connectivity index (χ2n) is 6.82. The molecule has 0 aliphatic carbocycles. The molecule has 3 heterocycles. The number of ether oxygens (including phenoxy) is 2. The van der Waals surface area contributed by atoms with E-state index in [0.717, 1.165) is 44.2 Å². The van der Waals surface area contributed by atoms with Crippen LogP contribution in [-0.2, 0) is 0 Å². The molecule has 0 unspecified atom stereocenters. The normalized spacial score (nSPS) is 14.5. The molecule has 0 radical (unpaired) electrons. The van der Waals surface area contributed by atoms with E-state index in [4.69, 9.17) is 18.4 Å². The van der Waals surface area contributed by atoms with Gasteiger partial charge in [0.15, 0.2) is 5.76 Å². The zero-order valence-electron chi connectivity index (χ0n) is 16.7. The lowest BCUT2D eigenvalue weighted by atomic mass is 10.2. The minimum absolute atomic E-state index is 0.0873. The Hall–Kier alpha value is -3.46. The molecule has 0 saturated carbocycles. The number of methoxy groups -OCH3 is 1. The number of furan rings is 1. The molecule has 1 aliphatic rings. The Morgan fingerprint density at radius 3 is 2.73 bits per heavy atom. The van der Waals surface area contributed by atoms with Crippen LogP contribution >= 0.6 is 0 Å². The van der Waals surface area contributed by atoms with Gasteiger partial charge in [-0.25, -0.2) is 4.79 Å². The Balaban J connectivity index is 1.18. The molecular formula is C21H24N4O5. The minimum Gasteiger partial charge on any atom is -0.495 e. The molecule has 30 heavy (non-hydrogen) atoms. The molecule has 3 aromatic rings. The third-order valence-electron chi connectivity index (χ3n) is 4.95. The van der Waals surface area contributed by atoms with Crippen LogP contribution in [0, 0.1) is 0 Å². The van der Waals surface area contributed by atoms with Gasteiger partial charge in [-0.2, -0.15) is 0 Å². The first kappa shape index (κ1) is 19.8. The summed E-state index contributed by atoms with van der Waals surface area (Å²) in [5, 5.41) is 6.46. The molecule has 0 bridgehead atoms. The number of amides is 1. The quantitative estimate of drug-likeness (QED) is 0.633. The molecular weight excluding hydrogens is 388 g/mol. The lowest BCUT2D eigenvalue weighted by molar-refractivity contribution is 0.191. The van der Waals surface area contributed by atoms with E-state index in [1.54, 1.807) is 19.2 Å². The van der Waals surface area contributed by atoms with Crippen LogP contribution < -0.4 is 19.7 Å². The van der Waals surface area contributed by atoms with Crippen molar-refractivity contribution in [3.05, 3.63) is 48.7 Å². The number of anilines is 1. The number of piperazine rings is 1. The van der Waals surface area contributed by atoms with E-state index in [-0.39, 0.29) is 5.88 Å². The van der Waals surface area contributed by atoms with Gasteiger partial charge in [-0.15, -0.1) is 0 Å². The highest BCUT2D eigenvalue weighted by atomic mass is 16.6. The summed E-state index contributed by atoms with van der Waals surface area (Å²) in [6, 6.07) is 13.0. The topological polar surface area (TPSA) is 93.2 Å². The average molecular weight is 412 g/mol. The van der Waals surface area contributed by atoms with E-state index in [1.165, 1.54) is 12.3 Å². The lowest BCUT2D eigenvalue weighted by Gasteiger charge is -2.36. The van der Waals surface area contributed by atoms with E-state index >= 15 is 0 Å². The molecule has 0 atom stereocenters. The van der Waals surface area contributed by atoms with Crippen LogP contribution in [0.5, 0.6) is 11.6 Å². The Morgan fingerprint density at radius 1 is 1.13 bits per heavy atom. The number of aromatic nitrogens is 1. The van der Waals surface area contributed by atoms with E-state index in [2.05, 4.69) is 26.3 Å². The molecule has 9 nitrogen and oxygen atoms in total. The number of carbonyl (C=O) groups excluding carboxylic acids is 1. The molecule has 1 aromatic carbocycles. The molecule has 1 amide bonds. The van der Waals surface area contributed by atoms with E-state index in [1.807, 2.05) is 18.2 Å². The monoisotopic (exact) mass is 412 g/mol. The van der Waals surface area contributed by atoms with E-state index in [0.29, 0.717) is 18.1 Å². The summed E-state index contributed by atoms with van der Waals surface area (Å²) in [5.74, 6) is 1.89. The predicted octanol–water partition coefficient (Wildman–Crippen LogP) is 2.85. The van der Waals surface area contributed by atoms with Crippen LogP contribution in [0.15, 0.2) is 57.7 Å². The first-order valence-corrected chi connectivity index (χ1v) is 9.79. The van der Waals surface area contributed by atoms with Gasteiger partial charge in [0.1, 0.15) is 5.75 Å². The van der Waals surface area contributed by atoms with E-state index in [9.17, 15) is 4.79 Å². The summed E-state index contributed by atoms with van der Waals surface area (Å²) in [5.41, 5.74) is 1.11. The Labute approximate surface area is 174 Å². The maximum absolute atomic E-state index is 12.0. The standard InChI is InChI=1S/C21H24N4O5/c1-27-17-6-3-2-5-16(17)25-12-10-24(11-13-25)9-8-22-21(26)29-20-15-19(30-23-20)18-7-4-14-28-18/h2-7,14-15H,8-13H2,1H3,(H,22,26). The largest absolute Gasteiger partial charge is 0.495 e. The number of benzene rings is 1. The average Bonchev–Trinajstić information content (AvgIpc) is 3.46. The lowest BCUT2D eigenvalue weighted by Crippen LogP contribution is -2.48. The molecule has 9 heteroatoms. The van der Waals surface area contributed by atoms with Crippen LogP contribution in [-0.4, -0.2) is 62.5 Å². The van der Waals surface area contributed by atoms with Gasteiger partial charge in [-0.3, -0.25) is 4.90 Å². The molecule has 1 fully saturated rings. The van der Waals surface area contributed by atoms with Crippen molar-refractivity contribution in [1.82, 2.24) is 15.4 Å². The van der Waals surface area contributed by atoms with Gasteiger partial charge in [0.05, 0.1) is 25.1 Å². The van der Waals surface area contributed by atoms with Gasteiger partial charge in [-0.05, 0) is 29.4 Å². The second-order valence-corrected chi connectivity index (χ2v) is 6.82.